The average molecular weight is 445 g/mol. The zero-order valence-corrected chi connectivity index (χ0v) is 16.6. The van der Waals surface area contributed by atoms with Gasteiger partial charge in [0, 0.05) is 29.8 Å². The largest absolute Gasteiger partial charge is 0.466 e. The maximum Gasteiger partial charge on any atom is 0.420 e. The molecule has 0 aliphatic carbocycles. The predicted molar refractivity (Wildman–Crippen MR) is 102 cm³/mol. The third kappa shape index (κ3) is 6.18. The van der Waals surface area contributed by atoms with Crippen molar-refractivity contribution in [1.82, 2.24) is 4.98 Å². The zero-order valence-electron chi connectivity index (χ0n) is 15.8. The Bertz CT molecular complexity index is 952. The standard InChI is InChI=1S/C19H16ClF3N2O5/c1-3-29-16(26)7-5-12-9-24-10-13(17(12)19(21,22)23)30-15-6-4-11(18(27)28-2)8-14(20)25-15/h5-10H,3-4H2,1-2H3/b7-5+. The van der Waals surface area contributed by atoms with Crippen molar-refractivity contribution in [2.24, 2.45) is 4.99 Å². The second kappa shape index (κ2) is 10.1. The highest BCUT2D eigenvalue weighted by molar-refractivity contribution is 6.68. The van der Waals surface area contributed by atoms with Crippen LogP contribution >= 0.6 is 11.6 Å². The molecule has 0 saturated heterocycles. The third-order valence-electron chi connectivity index (χ3n) is 3.58. The number of pyridine rings is 1. The molecule has 2 rings (SSSR count). The summed E-state index contributed by atoms with van der Waals surface area (Å²) in [4.78, 5) is 30.7. The number of carbonyl (C=O) groups is 2. The van der Waals surface area contributed by atoms with Crippen LogP contribution in [0.4, 0.5) is 13.2 Å². The van der Waals surface area contributed by atoms with Gasteiger partial charge in [-0.3, -0.25) is 4.98 Å². The summed E-state index contributed by atoms with van der Waals surface area (Å²) in [5.74, 6) is -2.39. The highest BCUT2D eigenvalue weighted by atomic mass is 35.5. The molecule has 0 N–H and O–H groups in total. The fourth-order valence-electron chi connectivity index (χ4n) is 2.35. The van der Waals surface area contributed by atoms with Gasteiger partial charge >= 0.3 is 18.1 Å². The van der Waals surface area contributed by atoms with E-state index < -0.39 is 35.0 Å². The summed E-state index contributed by atoms with van der Waals surface area (Å²) < 4.78 is 55.6. The SMILES string of the molecule is CCOC(=O)/C=C/c1cncc(OC2=CCC(C(=O)OC)=CC(Cl)=N2)c1C(F)(F)F. The fourth-order valence-corrected chi connectivity index (χ4v) is 2.56. The van der Waals surface area contributed by atoms with E-state index in [9.17, 15) is 22.8 Å². The summed E-state index contributed by atoms with van der Waals surface area (Å²) in [6, 6.07) is 0. The maximum absolute atomic E-state index is 13.7. The number of hydrogen-bond donors (Lipinski definition) is 0. The maximum atomic E-state index is 13.7. The molecule has 0 amide bonds. The second-order valence-electron chi connectivity index (χ2n) is 5.63. The summed E-state index contributed by atoms with van der Waals surface area (Å²) in [6.07, 6.45) is 1.20. The highest BCUT2D eigenvalue weighted by Crippen LogP contribution is 2.39. The Morgan fingerprint density at radius 1 is 1.30 bits per heavy atom. The zero-order chi connectivity index (χ0) is 22.3. The van der Waals surface area contributed by atoms with Crippen LogP contribution in [0.2, 0.25) is 0 Å². The van der Waals surface area contributed by atoms with E-state index in [-0.39, 0.29) is 29.7 Å². The minimum Gasteiger partial charge on any atom is -0.466 e. The molecule has 0 radical (unpaired) electrons. The summed E-state index contributed by atoms with van der Waals surface area (Å²) in [5.41, 5.74) is -1.44. The van der Waals surface area contributed by atoms with Gasteiger partial charge in [-0.05, 0) is 25.2 Å². The van der Waals surface area contributed by atoms with Crippen LogP contribution in [0, 0.1) is 0 Å². The first-order chi connectivity index (χ1) is 14.2. The van der Waals surface area contributed by atoms with Crippen LogP contribution in [0.3, 0.4) is 0 Å². The van der Waals surface area contributed by atoms with Crippen molar-refractivity contribution in [2.45, 2.75) is 19.5 Å². The topological polar surface area (TPSA) is 87.1 Å². The molecule has 1 aliphatic heterocycles. The molecule has 0 spiro atoms. The van der Waals surface area contributed by atoms with Crippen LogP contribution in [0.25, 0.3) is 6.08 Å². The third-order valence-corrected chi connectivity index (χ3v) is 3.77. The number of halogens is 4. The van der Waals surface area contributed by atoms with Gasteiger partial charge in [-0.15, -0.1) is 0 Å². The van der Waals surface area contributed by atoms with Crippen LogP contribution in [-0.2, 0) is 25.2 Å². The van der Waals surface area contributed by atoms with Gasteiger partial charge in [0.2, 0.25) is 5.88 Å². The molecule has 1 aliphatic rings. The number of alkyl halides is 3. The average Bonchev–Trinajstić information content (AvgIpc) is 2.86. The molecule has 1 aromatic heterocycles. The van der Waals surface area contributed by atoms with Gasteiger partial charge in [-0.1, -0.05) is 11.6 Å². The Balaban J connectivity index is 2.40. The lowest BCUT2D eigenvalue weighted by atomic mass is 10.1. The van der Waals surface area contributed by atoms with Crippen molar-refractivity contribution >= 4 is 34.8 Å². The van der Waals surface area contributed by atoms with Gasteiger partial charge in [0.25, 0.3) is 0 Å². The molecule has 2 heterocycles. The smallest absolute Gasteiger partial charge is 0.420 e. The molecule has 0 aromatic carbocycles. The van der Waals surface area contributed by atoms with E-state index in [1.54, 1.807) is 6.92 Å². The van der Waals surface area contributed by atoms with Crippen molar-refractivity contribution in [3.8, 4) is 5.75 Å². The second-order valence-corrected chi connectivity index (χ2v) is 6.02. The molecular weight excluding hydrogens is 429 g/mol. The summed E-state index contributed by atoms with van der Waals surface area (Å²) in [5, 5.41) is -0.181. The molecule has 0 atom stereocenters. The van der Waals surface area contributed by atoms with Crippen LogP contribution in [0.15, 0.2) is 47.1 Å². The Labute approximate surface area is 174 Å². The van der Waals surface area contributed by atoms with Gasteiger partial charge in [-0.25, -0.2) is 14.6 Å². The first-order valence-corrected chi connectivity index (χ1v) is 8.84. The van der Waals surface area contributed by atoms with E-state index in [2.05, 4.69) is 19.5 Å². The molecular formula is C19H16ClF3N2O5. The van der Waals surface area contributed by atoms with Gasteiger partial charge in [0.1, 0.15) is 10.7 Å². The van der Waals surface area contributed by atoms with Crippen molar-refractivity contribution in [3.63, 3.8) is 0 Å². The number of methoxy groups -OCH3 is 1. The minimum atomic E-state index is -4.83. The van der Waals surface area contributed by atoms with E-state index in [0.717, 1.165) is 24.5 Å². The lowest BCUT2D eigenvalue weighted by molar-refractivity contribution is -0.139. The van der Waals surface area contributed by atoms with Gasteiger partial charge in [0.05, 0.1) is 19.9 Å². The van der Waals surface area contributed by atoms with Crippen molar-refractivity contribution in [3.05, 3.63) is 53.2 Å². The van der Waals surface area contributed by atoms with Crippen LogP contribution in [-0.4, -0.2) is 35.8 Å². The van der Waals surface area contributed by atoms with Crippen molar-refractivity contribution in [1.29, 1.82) is 0 Å². The number of nitrogens with zero attached hydrogens (tertiary/aromatic N) is 2. The number of ether oxygens (including phenoxy) is 3. The lowest BCUT2D eigenvalue weighted by Gasteiger charge is -2.15. The van der Waals surface area contributed by atoms with E-state index in [1.165, 1.54) is 19.3 Å². The molecule has 7 nitrogen and oxygen atoms in total. The predicted octanol–water partition coefficient (Wildman–Crippen LogP) is 4.04. The van der Waals surface area contributed by atoms with Crippen LogP contribution in [0.1, 0.15) is 24.5 Å². The summed E-state index contributed by atoms with van der Waals surface area (Å²) >= 11 is 5.90. The fraction of sp³-hybridized carbons (Fsp3) is 0.263. The minimum absolute atomic E-state index is 0.0288. The number of aromatic nitrogens is 1. The highest BCUT2D eigenvalue weighted by Gasteiger charge is 2.37. The molecule has 0 fully saturated rings. The van der Waals surface area contributed by atoms with E-state index >= 15 is 0 Å². The molecule has 0 unspecified atom stereocenters. The Hall–Kier alpha value is -3.14. The van der Waals surface area contributed by atoms with Crippen LogP contribution < -0.4 is 4.74 Å². The summed E-state index contributed by atoms with van der Waals surface area (Å²) in [7, 11) is 1.18. The number of rotatable bonds is 6. The molecule has 0 saturated carbocycles. The number of carbonyl (C=O) groups excluding carboxylic acids is 2. The normalized spacial score (nSPS) is 14.4. The lowest BCUT2D eigenvalue weighted by Crippen LogP contribution is -2.11. The van der Waals surface area contributed by atoms with E-state index in [0.29, 0.717) is 0 Å². The van der Waals surface area contributed by atoms with Gasteiger partial charge in [-0.2, -0.15) is 13.2 Å². The number of allylic oxidation sites excluding steroid dienone is 2. The molecule has 0 bridgehead atoms. The van der Waals surface area contributed by atoms with Gasteiger partial charge < -0.3 is 14.2 Å². The Morgan fingerprint density at radius 2 is 2.03 bits per heavy atom. The van der Waals surface area contributed by atoms with E-state index in [1.807, 2.05) is 0 Å². The Morgan fingerprint density at radius 3 is 2.67 bits per heavy atom. The first-order valence-electron chi connectivity index (χ1n) is 8.46. The monoisotopic (exact) mass is 444 g/mol. The summed E-state index contributed by atoms with van der Waals surface area (Å²) in [6.45, 7) is 1.64. The molecule has 160 valence electrons. The number of aliphatic imine (C=N–C) groups is 1. The molecule has 30 heavy (non-hydrogen) atoms. The van der Waals surface area contributed by atoms with E-state index in [4.69, 9.17) is 16.3 Å². The first kappa shape index (κ1) is 23.1. The van der Waals surface area contributed by atoms with Gasteiger partial charge in [0.15, 0.2) is 5.75 Å². The quantitative estimate of drug-likeness (QED) is 0.486. The van der Waals surface area contributed by atoms with Crippen molar-refractivity contribution in [2.75, 3.05) is 13.7 Å². The molecule has 11 heteroatoms. The molecule has 1 aromatic rings. The number of hydrogen-bond acceptors (Lipinski definition) is 7. The van der Waals surface area contributed by atoms with Crippen molar-refractivity contribution < 1.29 is 37.0 Å². The Kier molecular flexibility index (Phi) is 7.76. The van der Waals surface area contributed by atoms with Crippen LogP contribution in [0.5, 0.6) is 5.75 Å². The number of esters is 2.